The topological polar surface area (TPSA) is 12.5 Å². The van der Waals surface area contributed by atoms with Crippen molar-refractivity contribution >= 4 is 0 Å². The third-order valence-electron chi connectivity index (χ3n) is 1.41. The molecule has 10 heavy (non-hydrogen) atoms. The summed E-state index contributed by atoms with van der Waals surface area (Å²) >= 11 is 0. The lowest BCUT2D eigenvalue weighted by molar-refractivity contribution is -0.105. The largest absolute Gasteiger partial charge is 0.299 e. The SMILES string of the molecule is CC.CCN1CC(C)CO1. The van der Waals surface area contributed by atoms with Gasteiger partial charge >= 0.3 is 0 Å². The summed E-state index contributed by atoms with van der Waals surface area (Å²) in [4.78, 5) is 5.25. The standard InChI is InChI=1S/C6H13NO.C2H6/c1-3-7-4-6(2)5-8-7;1-2/h6H,3-5H2,1-2H3;1-2H3. The second kappa shape index (κ2) is 5.69. The molecular formula is C8H19NO. The van der Waals surface area contributed by atoms with Gasteiger partial charge in [0.25, 0.3) is 0 Å². The first kappa shape index (κ1) is 9.92. The van der Waals surface area contributed by atoms with E-state index in [9.17, 15) is 0 Å². The van der Waals surface area contributed by atoms with Gasteiger partial charge in [0.15, 0.2) is 0 Å². The molecule has 0 bridgehead atoms. The third-order valence-corrected chi connectivity index (χ3v) is 1.41. The van der Waals surface area contributed by atoms with Crippen LogP contribution < -0.4 is 0 Å². The first-order valence-corrected chi connectivity index (χ1v) is 4.20. The third kappa shape index (κ3) is 3.18. The van der Waals surface area contributed by atoms with Crippen LogP contribution in [-0.4, -0.2) is 24.8 Å². The van der Waals surface area contributed by atoms with Crippen molar-refractivity contribution in [3.63, 3.8) is 0 Å². The van der Waals surface area contributed by atoms with Crippen LogP contribution in [0.25, 0.3) is 0 Å². The molecule has 1 fully saturated rings. The first-order valence-electron chi connectivity index (χ1n) is 4.20. The van der Waals surface area contributed by atoms with Gasteiger partial charge in [-0.2, -0.15) is 5.06 Å². The molecule has 0 aromatic carbocycles. The summed E-state index contributed by atoms with van der Waals surface area (Å²) < 4.78 is 0. The van der Waals surface area contributed by atoms with Gasteiger partial charge in [-0.05, 0) is 5.92 Å². The maximum Gasteiger partial charge on any atom is 0.0723 e. The van der Waals surface area contributed by atoms with E-state index in [2.05, 4.69) is 13.8 Å². The molecule has 0 aromatic rings. The zero-order valence-corrected chi connectivity index (χ0v) is 7.55. The molecule has 1 aliphatic heterocycles. The average Bonchev–Trinajstić information content (AvgIpc) is 2.40. The Morgan fingerprint density at radius 2 is 2.10 bits per heavy atom. The maximum atomic E-state index is 5.25. The van der Waals surface area contributed by atoms with Crippen LogP contribution in [0.3, 0.4) is 0 Å². The number of hydrogen-bond donors (Lipinski definition) is 0. The highest BCUT2D eigenvalue weighted by atomic mass is 16.7. The fourth-order valence-corrected chi connectivity index (χ4v) is 0.906. The van der Waals surface area contributed by atoms with E-state index in [0.29, 0.717) is 0 Å². The quantitative estimate of drug-likeness (QED) is 0.559. The summed E-state index contributed by atoms with van der Waals surface area (Å²) in [6.07, 6.45) is 0. The molecule has 0 saturated carbocycles. The molecule has 1 rings (SSSR count). The van der Waals surface area contributed by atoms with Gasteiger partial charge in [-0.15, -0.1) is 0 Å². The Morgan fingerprint density at radius 3 is 2.30 bits per heavy atom. The van der Waals surface area contributed by atoms with Crippen molar-refractivity contribution in [1.29, 1.82) is 0 Å². The van der Waals surface area contributed by atoms with Crippen LogP contribution in [-0.2, 0) is 4.84 Å². The highest BCUT2D eigenvalue weighted by molar-refractivity contribution is 4.59. The van der Waals surface area contributed by atoms with Crippen LogP contribution in [0.4, 0.5) is 0 Å². The number of hydrogen-bond acceptors (Lipinski definition) is 2. The average molecular weight is 145 g/mol. The van der Waals surface area contributed by atoms with Crippen LogP contribution in [0.5, 0.6) is 0 Å². The van der Waals surface area contributed by atoms with Crippen LogP contribution >= 0.6 is 0 Å². The van der Waals surface area contributed by atoms with Crippen molar-refractivity contribution < 1.29 is 4.84 Å². The summed E-state index contributed by atoms with van der Waals surface area (Å²) in [5.74, 6) is 0.731. The number of rotatable bonds is 1. The van der Waals surface area contributed by atoms with Crippen LogP contribution in [0.2, 0.25) is 0 Å². The van der Waals surface area contributed by atoms with E-state index >= 15 is 0 Å². The van der Waals surface area contributed by atoms with Crippen LogP contribution in [0, 0.1) is 5.92 Å². The monoisotopic (exact) mass is 145 g/mol. The molecule has 0 aliphatic carbocycles. The van der Waals surface area contributed by atoms with E-state index in [-0.39, 0.29) is 0 Å². The molecule has 0 aromatic heterocycles. The van der Waals surface area contributed by atoms with E-state index in [1.54, 1.807) is 0 Å². The van der Waals surface area contributed by atoms with E-state index in [1.165, 1.54) is 0 Å². The normalized spacial score (nSPS) is 25.8. The molecule has 1 unspecified atom stereocenters. The summed E-state index contributed by atoms with van der Waals surface area (Å²) in [6, 6.07) is 0. The minimum Gasteiger partial charge on any atom is -0.299 e. The molecule has 1 aliphatic rings. The van der Waals surface area contributed by atoms with E-state index in [0.717, 1.165) is 25.6 Å². The van der Waals surface area contributed by atoms with Crippen LogP contribution in [0.15, 0.2) is 0 Å². The summed E-state index contributed by atoms with van der Waals surface area (Å²) in [6.45, 7) is 11.3. The highest BCUT2D eigenvalue weighted by Crippen LogP contribution is 2.09. The van der Waals surface area contributed by atoms with Crippen LogP contribution in [0.1, 0.15) is 27.7 Å². The highest BCUT2D eigenvalue weighted by Gasteiger charge is 2.16. The first-order chi connectivity index (χ1) is 4.83. The van der Waals surface area contributed by atoms with Gasteiger partial charge in [0.2, 0.25) is 0 Å². The van der Waals surface area contributed by atoms with Crippen molar-refractivity contribution in [2.75, 3.05) is 19.7 Å². The van der Waals surface area contributed by atoms with Gasteiger partial charge in [0.05, 0.1) is 6.61 Å². The lowest BCUT2D eigenvalue weighted by Crippen LogP contribution is -2.17. The summed E-state index contributed by atoms with van der Waals surface area (Å²) in [5.41, 5.74) is 0. The predicted octanol–water partition coefficient (Wildman–Crippen LogP) is 1.92. The van der Waals surface area contributed by atoms with Gasteiger partial charge in [-0.1, -0.05) is 27.7 Å². The lowest BCUT2D eigenvalue weighted by atomic mass is 10.2. The Hall–Kier alpha value is -0.0800. The maximum absolute atomic E-state index is 5.25. The summed E-state index contributed by atoms with van der Waals surface area (Å²) in [5, 5.41) is 2.00. The zero-order chi connectivity index (χ0) is 7.98. The van der Waals surface area contributed by atoms with E-state index in [1.807, 2.05) is 18.9 Å². The molecule has 2 nitrogen and oxygen atoms in total. The minimum absolute atomic E-state index is 0.731. The number of nitrogens with zero attached hydrogens (tertiary/aromatic N) is 1. The molecule has 0 radical (unpaired) electrons. The Labute approximate surface area is 64.1 Å². The fraction of sp³-hybridized carbons (Fsp3) is 1.00. The molecule has 0 spiro atoms. The fourth-order valence-electron chi connectivity index (χ4n) is 0.906. The molecule has 1 heterocycles. The zero-order valence-electron chi connectivity index (χ0n) is 7.55. The van der Waals surface area contributed by atoms with Gasteiger partial charge in [0.1, 0.15) is 0 Å². The van der Waals surface area contributed by atoms with Gasteiger partial charge in [-0.25, -0.2) is 0 Å². The van der Waals surface area contributed by atoms with Crippen molar-refractivity contribution in [2.45, 2.75) is 27.7 Å². The number of hydroxylamine groups is 2. The molecule has 1 atom stereocenters. The van der Waals surface area contributed by atoms with Crippen molar-refractivity contribution in [2.24, 2.45) is 5.92 Å². The van der Waals surface area contributed by atoms with E-state index < -0.39 is 0 Å². The van der Waals surface area contributed by atoms with E-state index in [4.69, 9.17) is 4.84 Å². The van der Waals surface area contributed by atoms with Crippen molar-refractivity contribution in [3.8, 4) is 0 Å². The molecular weight excluding hydrogens is 126 g/mol. The molecule has 2 heteroatoms. The molecule has 1 saturated heterocycles. The smallest absolute Gasteiger partial charge is 0.0723 e. The second-order valence-electron chi connectivity index (χ2n) is 2.38. The predicted molar refractivity (Wildman–Crippen MR) is 43.7 cm³/mol. The summed E-state index contributed by atoms with van der Waals surface area (Å²) in [7, 11) is 0. The lowest BCUT2D eigenvalue weighted by Gasteiger charge is -2.08. The Bertz CT molecular complexity index is 75.7. The van der Waals surface area contributed by atoms with Gasteiger partial charge in [-0.3, -0.25) is 4.84 Å². The minimum atomic E-state index is 0.731. The Kier molecular flexibility index (Phi) is 5.64. The molecule has 0 N–H and O–H groups in total. The Morgan fingerprint density at radius 1 is 1.50 bits per heavy atom. The molecule has 0 amide bonds. The van der Waals surface area contributed by atoms with Crippen molar-refractivity contribution in [1.82, 2.24) is 5.06 Å². The Balaban J connectivity index is 0.000000371. The van der Waals surface area contributed by atoms with Crippen molar-refractivity contribution in [3.05, 3.63) is 0 Å². The second-order valence-corrected chi connectivity index (χ2v) is 2.38. The van der Waals surface area contributed by atoms with Gasteiger partial charge < -0.3 is 0 Å². The van der Waals surface area contributed by atoms with Gasteiger partial charge in [0, 0.05) is 13.1 Å². The molecule has 62 valence electrons.